The molecule has 0 atom stereocenters. The second-order valence-corrected chi connectivity index (χ2v) is 4.51. The van der Waals surface area contributed by atoms with Crippen molar-refractivity contribution in [3.8, 4) is 0 Å². The van der Waals surface area contributed by atoms with Crippen LogP contribution < -0.4 is 5.43 Å². The van der Waals surface area contributed by atoms with Gasteiger partial charge in [-0.05, 0) is 29.8 Å². The molecule has 0 saturated heterocycles. The number of ether oxygens (including phenoxy) is 1. The van der Waals surface area contributed by atoms with Gasteiger partial charge in [-0.25, -0.2) is 10.2 Å². The Morgan fingerprint density at radius 1 is 1.22 bits per heavy atom. The zero-order chi connectivity index (χ0) is 16.7. The summed E-state index contributed by atoms with van der Waals surface area (Å²) in [5.74, 6) is -0.829. The maximum atomic E-state index is 11.8. The van der Waals surface area contributed by atoms with Gasteiger partial charge < -0.3 is 9.84 Å². The Morgan fingerprint density at radius 3 is 2.48 bits per heavy atom. The van der Waals surface area contributed by atoms with Gasteiger partial charge in [0.2, 0.25) is 0 Å². The number of pyridine rings is 1. The van der Waals surface area contributed by atoms with Crippen LogP contribution in [0.15, 0.2) is 47.7 Å². The first kappa shape index (κ1) is 16.3. The van der Waals surface area contributed by atoms with E-state index in [0.29, 0.717) is 22.4 Å². The van der Waals surface area contributed by atoms with E-state index in [1.165, 1.54) is 19.5 Å². The normalized spacial score (nSPS) is 10.5. The maximum Gasteiger partial charge on any atom is 0.337 e. The molecule has 0 bridgehead atoms. The number of aliphatic hydroxyl groups is 1. The molecule has 1 aromatic carbocycles. The van der Waals surface area contributed by atoms with Crippen LogP contribution in [0.3, 0.4) is 0 Å². The molecule has 0 aliphatic rings. The molecule has 7 heteroatoms. The molecule has 0 saturated carbocycles. The summed E-state index contributed by atoms with van der Waals surface area (Å²) in [5.41, 5.74) is 4.33. The summed E-state index contributed by atoms with van der Waals surface area (Å²) >= 11 is 0. The molecule has 2 N–H and O–H groups in total. The Morgan fingerprint density at radius 2 is 1.91 bits per heavy atom. The van der Waals surface area contributed by atoms with E-state index in [4.69, 9.17) is 5.11 Å². The minimum atomic E-state index is -0.416. The smallest absolute Gasteiger partial charge is 0.337 e. The fourth-order valence-electron chi connectivity index (χ4n) is 1.71. The summed E-state index contributed by atoms with van der Waals surface area (Å²) in [5, 5.41) is 12.7. The number of aliphatic hydroxyl groups excluding tert-OH is 1. The van der Waals surface area contributed by atoms with Gasteiger partial charge in [0.1, 0.15) is 0 Å². The van der Waals surface area contributed by atoms with E-state index in [1.807, 2.05) is 0 Å². The van der Waals surface area contributed by atoms with E-state index in [1.54, 1.807) is 36.4 Å². The second-order valence-electron chi connectivity index (χ2n) is 4.51. The maximum absolute atomic E-state index is 11.8. The van der Waals surface area contributed by atoms with E-state index in [0.717, 1.165) is 0 Å². The molecule has 0 unspecified atom stereocenters. The zero-order valence-electron chi connectivity index (χ0n) is 12.4. The third-order valence-electron chi connectivity index (χ3n) is 2.96. The van der Waals surface area contributed by atoms with Crippen molar-refractivity contribution in [3.63, 3.8) is 0 Å². The molecule has 118 valence electrons. The van der Waals surface area contributed by atoms with Crippen LogP contribution in [0.4, 0.5) is 0 Å². The van der Waals surface area contributed by atoms with Crippen LogP contribution in [-0.4, -0.2) is 35.3 Å². The number of nitrogens with one attached hydrogen (secondary N) is 1. The number of hydrogen-bond acceptors (Lipinski definition) is 6. The van der Waals surface area contributed by atoms with Gasteiger partial charge in [0.15, 0.2) is 0 Å². The number of aromatic nitrogens is 1. The number of benzene rings is 1. The number of carbonyl (C=O) groups is 2. The summed E-state index contributed by atoms with van der Waals surface area (Å²) in [7, 11) is 1.31. The summed E-state index contributed by atoms with van der Waals surface area (Å²) < 4.78 is 4.60. The third kappa shape index (κ3) is 4.45. The van der Waals surface area contributed by atoms with E-state index < -0.39 is 11.9 Å². The quantitative estimate of drug-likeness (QED) is 0.489. The third-order valence-corrected chi connectivity index (χ3v) is 2.96. The summed E-state index contributed by atoms with van der Waals surface area (Å²) in [6, 6.07) is 9.68. The molecule has 7 nitrogen and oxygen atoms in total. The standard InChI is InChI=1S/C16H15N3O4/c1-23-16(22)12-4-2-11(3-5-12)8-18-19-15(21)13-6-7-14(10-20)17-9-13/h2-9,20H,10H2,1H3,(H,19,21)/b18-8+. The van der Waals surface area contributed by atoms with Crippen LogP contribution in [0, 0.1) is 0 Å². The molecular formula is C16H15N3O4. The molecule has 0 spiro atoms. The van der Waals surface area contributed by atoms with Crippen LogP contribution in [0.5, 0.6) is 0 Å². The average molecular weight is 313 g/mol. The number of hydrazone groups is 1. The van der Waals surface area contributed by atoms with Gasteiger partial charge in [0, 0.05) is 6.20 Å². The van der Waals surface area contributed by atoms with E-state index >= 15 is 0 Å². The fraction of sp³-hybridized carbons (Fsp3) is 0.125. The average Bonchev–Trinajstić information content (AvgIpc) is 2.61. The lowest BCUT2D eigenvalue weighted by atomic mass is 10.1. The molecule has 0 aliphatic heterocycles. The first-order valence-corrected chi connectivity index (χ1v) is 6.71. The van der Waals surface area contributed by atoms with Crippen molar-refractivity contribution in [2.75, 3.05) is 7.11 Å². The van der Waals surface area contributed by atoms with E-state index in [-0.39, 0.29) is 6.61 Å². The van der Waals surface area contributed by atoms with Crippen molar-refractivity contribution < 1.29 is 19.4 Å². The van der Waals surface area contributed by atoms with E-state index in [9.17, 15) is 9.59 Å². The zero-order valence-corrected chi connectivity index (χ0v) is 12.4. The van der Waals surface area contributed by atoms with Crippen LogP contribution >= 0.6 is 0 Å². The van der Waals surface area contributed by atoms with Crippen molar-refractivity contribution in [3.05, 3.63) is 65.0 Å². The second kappa shape index (κ2) is 7.81. The number of amides is 1. The predicted molar refractivity (Wildman–Crippen MR) is 83.0 cm³/mol. The van der Waals surface area contributed by atoms with Gasteiger partial charge in [0.25, 0.3) is 5.91 Å². The lowest BCUT2D eigenvalue weighted by molar-refractivity contribution is 0.0600. The van der Waals surface area contributed by atoms with Gasteiger partial charge in [-0.15, -0.1) is 0 Å². The molecule has 0 aliphatic carbocycles. The van der Waals surface area contributed by atoms with Crippen molar-refractivity contribution in [2.24, 2.45) is 5.10 Å². The molecule has 0 radical (unpaired) electrons. The summed E-state index contributed by atoms with van der Waals surface area (Å²) in [4.78, 5) is 27.0. The molecular weight excluding hydrogens is 298 g/mol. The SMILES string of the molecule is COC(=O)c1ccc(/C=N/NC(=O)c2ccc(CO)nc2)cc1. The van der Waals surface area contributed by atoms with Gasteiger partial charge in [0.05, 0.1) is 36.8 Å². The Kier molecular flexibility index (Phi) is 5.54. The van der Waals surface area contributed by atoms with Gasteiger partial charge in [-0.3, -0.25) is 9.78 Å². The highest BCUT2D eigenvalue weighted by Gasteiger charge is 2.05. The largest absolute Gasteiger partial charge is 0.465 e. The molecule has 1 heterocycles. The highest BCUT2D eigenvalue weighted by molar-refractivity contribution is 5.94. The number of nitrogens with zero attached hydrogens (tertiary/aromatic N) is 2. The highest BCUT2D eigenvalue weighted by Crippen LogP contribution is 2.04. The monoisotopic (exact) mass is 313 g/mol. The molecule has 2 rings (SSSR count). The minimum Gasteiger partial charge on any atom is -0.465 e. The summed E-state index contributed by atoms with van der Waals surface area (Å²) in [6.07, 6.45) is 2.82. The predicted octanol–water partition coefficient (Wildman–Crippen LogP) is 1.12. The molecule has 2 aromatic rings. The lowest BCUT2D eigenvalue weighted by Gasteiger charge is -2.01. The van der Waals surface area contributed by atoms with E-state index in [2.05, 4.69) is 20.2 Å². The van der Waals surface area contributed by atoms with Gasteiger partial charge in [-0.2, -0.15) is 5.10 Å². The minimum absolute atomic E-state index is 0.179. The Labute approximate surface area is 132 Å². The lowest BCUT2D eigenvalue weighted by Crippen LogP contribution is -2.17. The van der Waals surface area contributed by atoms with Crippen LogP contribution in [0.2, 0.25) is 0 Å². The van der Waals surface area contributed by atoms with Gasteiger partial charge in [-0.1, -0.05) is 12.1 Å². The molecule has 1 amide bonds. The van der Waals surface area contributed by atoms with Crippen LogP contribution in [-0.2, 0) is 11.3 Å². The van der Waals surface area contributed by atoms with Crippen molar-refractivity contribution >= 4 is 18.1 Å². The van der Waals surface area contributed by atoms with Crippen LogP contribution in [0.25, 0.3) is 0 Å². The fourth-order valence-corrected chi connectivity index (χ4v) is 1.71. The number of methoxy groups -OCH3 is 1. The van der Waals surface area contributed by atoms with Crippen molar-refractivity contribution in [1.82, 2.24) is 10.4 Å². The topological polar surface area (TPSA) is 101 Å². The van der Waals surface area contributed by atoms with Gasteiger partial charge >= 0.3 is 5.97 Å². The Bertz CT molecular complexity index is 709. The Balaban J connectivity index is 1.95. The Hall–Kier alpha value is -3.06. The van der Waals surface area contributed by atoms with Crippen molar-refractivity contribution in [1.29, 1.82) is 0 Å². The van der Waals surface area contributed by atoms with Crippen LogP contribution in [0.1, 0.15) is 32.0 Å². The first-order chi connectivity index (χ1) is 11.1. The molecule has 1 aromatic heterocycles. The number of carbonyl (C=O) groups excluding carboxylic acids is 2. The first-order valence-electron chi connectivity index (χ1n) is 6.71. The highest BCUT2D eigenvalue weighted by atomic mass is 16.5. The molecule has 0 fully saturated rings. The molecule has 23 heavy (non-hydrogen) atoms. The number of rotatable bonds is 5. The van der Waals surface area contributed by atoms with Crippen molar-refractivity contribution in [2.45, 2.75) is 6.61 Å². The summed E-state index contributed by atoms with van der Waals surface area (Å²) in [6.45, 7) is -0.179. The number of hydrogen-bond donors (Lipinski definition) is 2. The number of esters is 1.